The summed E-state index contributed by atoms with van der Waals surface area (Å²) in [6, 6.07) is 9.00. The summed E-state index contributed by atoms with van der Waals surface area (Å²) in [5.41, 5.74) is 2.21. The van der Waals surface area contributed by atoms with Crippen LogP contribution in [0.3, 0.4) is 0 Å². The molecule has 0 aromatic heterocycles. The molecular formula is C25H30ClN3O5S. The summed E-state index contributed by atoms with van der Waals surface area (Å²) in [6.45, 7) is 0.926. The second-order valence-electron chi connectivity index (χ2n) is 8.96. The molecule has 0 spiro atoms. The maximum absolute atomic E-state index is 12.7. The van der Waals surface area contributed by atoms with Crippen LogP contribution in [0.4, 0.5) is 4.79 Å². The van der Waals surface area contributed by atoms with E-state index in [1.807, 2.05) is 6.07 Å². The zero-order valence-corrected chi connectivity index (χ0v) is 21.0. The highest BCUT2D eigenvalue weighted by molar-refractivity contribution is 7.90. The van der Waals surface area contributed by atoms with E-state index in [0.29, 0.717) is 35.9 Å². The van der Waals surface area contributed by atoms with Gasteiger partial charge in [0.15, 0.2) is 0 Å². The molecule has 1 heterocycles. The predicted octanol–water partition coefficient (Wildman–Crippen LogP) is 3.96. The van der Waals surface area contributed by atoms with E-state index >= 15 is 0 Å². The fourth-order valence-corrected chi connectivity index (χ4v) is 5.66. The summed E-state index contributed by atoms with van der Waals surface area (Å²) in [5, 5.41) is 6.11. The van der Waals surface area contributed by atoms with Gasteiger partial charge in [0.25, 0.3) is 15.9 Å². The van der Waals surface area contributed by atoms with E-state index in [2.05, 4.69) is 15.4 Å². The second kappa shape index (κ2) is 11.3. The number of halogens is 1. The van der Waals surface area contributed by atoms with Gasteiger partial charge in [-0.2, -0.15) is 0 Å². The average molecular weight is 520 g/mol. The summed E-state index contributed by atoms with van der Waals surface area (Å²) >= 11 is 6.17. The lowest BCUT2D eigenvalue weighted by molar-refractivity contribution is 0.0949. The third-order valence-corrected chi connectivity index (χ3v) is 7.88. The molecule has 3 amide bonds. The Morgan fingerprint density at radius 1 is 1.03 bits per heavy atom. The van der Waals surface area contributed by atoms with Crippen molar-refractivity contribution in [1.29, 1.82) is 0 Å². The molecule has 0 bridgehead atoms. The Kier molecular flexibility index (Phi) is 8.18. The number of fused-ring (bicyclic) bond motifs is 1. The molecule has 1 fully saturated rings. The lowest BCUT2D eigenvalue weighted by atomic mass is 9.96. The van der Waals surface area contributed by atoms with Gasteiger partial charge < -0.3 is 15.4 Å². The maximum atomic E-state index is 12.7. The molecule has 35 heavy (non-hydrogen) atoms. The standard InChI is InChI=1S/C25H30ClN3O5S/c26-19-15-18-5-4-14-34-23(18)22(16-19)24(30)27-13-12-17-8-10-21(11-9-17)35(32,33)29-25(31)28-20-6-2-1-3-7-20/h8-11,15-16,20H,1-7,12-14H2,(H,27,30)(H2,28,29,31). The lowest BCUT2D eigenvalue weighted by Gasteiger charge is -2.22. The third-order valence-electron chi connectivity index (χ3n) is 6.31. The highest BCUT2D eigenvalue weighted by Gasteiger charge is 2.22. The Morgan fingerprint density at radius 3 is 2.51 bits per heavy atom. The molecule has 188 valence electrons. The average Bonchev–Trinajstić information content (AvgIpc) is 2.84. The molecule has 0 radical (unpaired) electrons. The molecule has 1 aliphatic heterocycles. The molecule has 10 heteroatoms. The van der Waals surface area contributed by atoms with Crippen LogP contribution >= 0.6 is 11.6 Å². The number of urea groups is 1. The number of hydrogen-bond donors (Lipinski definition) is 3. The first-order chi connectivity index (χ1) is 16.8. The molecule has 2 aromatic rings. The number of aryl methyl sites for hydroxylation is 1. The summed E-state index contributed by atoms with van der Waals surface area (Å²) < 4.78 is 32.9. The second-order valence-corrected chi connectivity index (χ2v) is 11.1. The number of nitrogens with one attached hydrogen (secondary N) is 3. The van der Waals surface area contributed by atoms with Crippen LogP contribution in [-0.2, 0) is 22.9 Å². The molecule has 0 unspecified atom stereocenters. The van der Waals surface area contributed by atoms with Crippen molar-refractivity contribution in [2.45, 2.75) is 62.3 Å². The molecule has 2 aromatic carbocycles. The monoisotopic (exact) mass is 519 g/mol. The zero-order chi connectivity index (χ0) is 24.8. The van der Waals surface area contributed by atoms with Gasteiger partial charge in [0.1, 0.15) is 5.75 Å². The first-order valence-electron chi connectivity index (χ1n) is 12.0. The lowest BCUT2D eigenvalue weighted by Crippen LogP contribution is -2.45. The highest BCUT2D eigenvalue weighted by atomic mass is 35.5. The Morgan fingerprint density at radius 2 is 1.77 bits per heavy atom. The van der Waals surface area contributed by atoms with E-state index in [1.54, 1.807) is 18.2 Å². The van der Waals surface area contributed by atoms with Gasteiger partial charge >= 0.3 is 6.03 Å². The Labute approximate surface area is 210 Å². The van der Waals surface area contributed by atoms with Crippen LogP contribution in [0.25, 0.3) is 0 Å². The van der Waals surface area contributed by atoms with Crippen LogP contribution in [0.5, 0.6) is 5.75 Å². The highest BCUT2D eigenvalue weighted by Crippen LogP contribution is 2.32. The molecular weight excluding hydrogens is 490 g/mol. The number of rotatable bonds is 7. The smallest absolute Gasteiger partial charge is 0.328 e. The fraction of sp³-hybridized carbons (Fsp3) is 0.440. The van der Waals surface area contributed by atoms with Crippen LogP contribution in [-0.4, -0.2) is 39.5 Å². The van der Waals surface area contributed by atoms with Gasteiger partial charge in [0.2, 0.25) is 0 Å². The molecule has 0 atom stereocenters. The van der Waals surface area contributed by atoms with Gasteiger partial charge in [0.05, 0.1) is 17.1 Å². The van der Waals surface area contributed by atoms with E-state index in [4.69, 9.17) is 16.3 Å². The van der Waals surface area contributed by atoms with E-state index < -0.39 is 16.1 Å². The molecule has 1 aliphatic carbocycles. The Balaban J connectivity index is 1.29. The van der Waals surface area contributed by atoms with Crippen molar-refractivity contribution in [3.63, 3.8) is 0 Å². The molecule has 8 nitrogen and oxygen atoms in total. The largest absolute Gasteiger partial charge is 0.492 e. The van der Waals surface area contributed by atoms with Crippen LogP contribution < -0.4 is 20.1 Å². The molecule has 1 saturated carbocycles. The molecule has 4 rings (SSSR count). The summed E-state index contributed by atoms with van der Waals surface area (Å²) in [6.07, 6.45) is 7.17. The van der Waals surface area contributed by atoms with Crippen molar-refractivity contribution >= 4 is 33.6 Å². The van der Waals surface area contributed by atoms with Crippen LogP contribution in [0.2, 0.25) is 5.02 Å². The SMILES string of the molecule is O=C(NC1CCCCC1)NS(=O)(=O)c1ccc(CCNC(=O)c2cc(Cl)cc3c2OCCC3)cc1. The minimum Gasteiger partial charge on any atom is -0.492 e. The van der Waals surface area contributed by atoms with Gasteiger partial charge in [-0.25, -0.2) is 17.9 Å². The quantitative estimate of drug-likeness (QED) is 0.512. The van der Waals surface area contributed by atoms with E-state index in [0.717, 1.165) is 56.1 Å². The van der Waals surface area contributed by atoms with Gasteiger partial charge in [-0.05, 0) is 67.5 Å². The number of benzene rings is 2. The first kappa shape index (κ1) is 25.3. The number of carbonyl (C=O) groups excluding carboxylic acids is 2. The van der Waals surface area contributed by atoms with E-state index in [1.165, 1.54) is 12.1 Å². The van der Waals surface area contributed by atoms with Gasteiger partial charge in [-0.3, -0.25) is 4.79 Å². The van der Waals surface area contributed by atoms with Crippen LogP contribution in [0.1, 0.15) is 60.0 Å². The third kappa shape index (κ3) is 6.67. The minimum atomic E-state index is -3.97. The van der Waals surface area contributed by atoms with Crippen molar-refractivity contribution < 1.29 is 22.7 Å². The number of ether oxygens (including phenoxy) is 1. The number of sulfonamides is 1. The zero-order valence-electron chi connectivity index (χ0n) is 19.4. The van der Waals surface area contributed by atoms with Crippen LogP contribution in [0, 0.1) is 0 Å². The van der Waals surface area contributed by atoms with Crippen molar-refractivity contribution in [1.82, 2.24) is 15.4 Å². The molecule has 3 N–H and O–H groups in total. The van der Waals surface area contributed by atoms with E-state index in [9.17, 15) is 18.0 Å². The predicted molar refractivity (Wildman–Crippen MR) is 133 cm³/mol. The van der Waals surface area contributed by atoms with E-state index in [-0.39, 0.29) is 16.8 Å². The number of carbonyl (C=O) groups is 2. The summed E-state index contributed by atoms with van der Waals surface area (Å²) in [7, 11) is -3.97. The first-order valence-corrected chi connectivity index (χ1v) is 13.8. The maximum Gasteiger partial charge on any atom is 0.328 e. The topological polar surface area (TPSA) is 114 Å². The van der Waals surface area contributed by atoms with Gasteiger partial charge in [0, 0.05) is 17.6 Å². The van der Waals surface area contributed by atoms with Crippen molar-refractivity contribution in [3.8, 4) is 5.75 Å². The Hall–Kier alpha value is -2.78. The van der Waals surface area contributed by atoms with Gasteiger partial charge in [-0.15, -0.1) is 0 Å². The van der Waals surface area contributed by atoms with Crippen molar-refractivity contribution in [2.24, 2.45) is 0 Å². The van der Waals surface area contributed by atoms with Crippen LogP contribution in [0.15, 0.2) is 41.3 Å². The number of amides is 3. The van der Waals surface area contributed by atoms with Crippen molar-refractivity contribution in [3.05, 3.63) is 58.1 Å². The van der Waals surface area contributed by atoms with Crippen molar-refractivity contribution in [2.75, 3.05) is 13.2 Å². The summed E-state index contributed by atoms with van der Waals surface area (Å²) in [4.78, 5) is 24.9. The normalized spacial score (nSPS) is 16.0. The number of hydrogen-bond acceptors (Lipinski definition) is 5. The fourth-order valence-electron chi connectivity index (χ4n) is 4.51. The summed E-state index contributed by atoms with van der Waals surface area (Å²) in [5.74, 6) is 0.325. The van der Waals surface area contributed by atoms with Gasteiger partial charge in [-0.1, -0.05) is 43.0 Å². The molecule has 0 saturated heterocycles. The molecule has 2 aliphatic rings. The minimum absolute atomic E-state index is 0.00628. The Bertz CT molecular complexity index is 1180.